The summed E-state index contributed by atoms with van der Waals surface area (Å²) in [6.07, 6.45) is 0.792. The Bertz CT molecular complexity index is 918. The minimum absolute atomic E-state index is 0.122. The summed E-state index contributed by atoms with van der Waals surface area (Å²) in [5, 5.41) is 3.53. The van der Waals surface area contributed by atoms with Gasteiger partial charge in [0.1, 0.15) is 23.0 Å². The maximum atomic E-state index is 12.3. The average Bonchev–Trinajstić information content (AvgIpc) is 3.16. The highest BCUT2D eigenvalue weighted by Crippen LogP contribution is 2.29. The van der Waals surface area contributed by atoms with Crippen LogP contribution in [0.1, 0.15) is 12.2 Å². The van der Waals surface area contributed by atoms with Crippen LogP contribution >= 0.6 is 11.6 Å². The number of furan rings is 1. The van der Waals surface area contributed by atoms with Crippen molar-refractivity contribution in [3.05, 3.63) is 65.4 Å². The highest BCUT2D eigenvalue weighted by atomic mass is 35.5. The van der Waals surface area contributed by atoms with Gasteiger partial charge in [-0.1, -0.05) is 11.6 Å². The Morgan fingerprint density at radius 1 is 1.04 bits per heavy atom. The summed E-state index contributed by atoms with van der Waals surface area (Å²) in [6, 6.07) is 16.4. The van der Waals surface area contributed by atoms with Gasteiger partial charge in [-0.05, 0) is 48.5 Å². The fraction of sp³-hybridized carbons (Fsp3) is 0.190. The SMILES string of the molecule is COc1ccc(NC(=O)CCc2ccc(-c3ccc(Cl)cc3)o2)c(OC)c1. The number of aryl methyl sites for hydroxylation is 1. The van der Waals surface area contributed by atoms with E-state index in [1.807, 2.05) is 36.4 Å². The van der Waals surface area contributed by atoms with E-state index in [4.69, 9.17) is 25.5 Å². The molecular weight excluding hydrogens is 366 g/mol. The van der Waals surface area contributed by atoms with Crippen LogP contribution in [-0.4, -0.2) is 20.1 Å². The van der Waals surface area contributed by atoms with Gasteiger partial charge in [0.25, 0.3) is 0 Å². The third-order valence-electron chi connectivity index (χ3n) is 4.07. The van der Waals surface area contributed by atoms with Crippen molar-refractivity contribution < 1.29 is 18.7 Å². The minimum atomic E-state index is -0.122. The summed E-state index contributed by atoms with van der Waals surface area (Å²) >= 11 is 5.90. The van der Waals surface area contributed by atoms with E-state index in [1.165, 1.54) is 0 Å². The topological polar surface area (TPSA) is 60.7 Å². The molecule has 0 bridgehead atoms. The molecule has 3 rings (SSSR count). The minimum Gasteiger partial charge on any atom is -0.497 e. The Morgan fingerprint density at radius 3 is 2.52 bits per heavy atom. The number of hydrogen-bond acceptors (Lipinski definition) is 4. The number of anilines is 1. The molecule has 0 aliphatic heterocycles. The number of nitrogens with one attached hydrogen (secondary N) is 1. The Morgan fingerprint density at radius 2 is 1.81 bits per heavy atom. The monoisotopic (exact) mass is 385 g/mol. The summed E-state index contributed by atoms with van der Waals surface area (Å²) in [5.74, 6) is 2.58. The molecule has 6 heteroatoms. The molecule has 27 heavy (non-hydrogen) atoms. The number of carbonyl (C=O) groups excluding carboxylic acids is 1. The normalized spacial score (nSPS) is 10.5. The molecular formula is C21H20ClNO4. The summed E-state index contributed by atoms with van der Waals surface area (Å²) in [7, 11) is 3.13. The first-order chi connectivity index (χ1) is 13.1. The van der Waals surface area contributed by atoms with Crippen molar-refractivity contribution in [2.45, 2.75) is 12.8 Å². The fourth-order valence-electron chi connectivity index (χ4n) is 2.63. The van der Waals surface area contributed by atoms with Crippen LogP contribution in [0.25, 0.3) is 11.3 Å². The van der Waals surface area contributed by atoms with E-state index in [-0.39, 0.29) is 5.91 Å². The van der Waals surface area contributed by atoms with E-state index in [0.29, 0.717) is 35.1 Å². The van der Waals surface area contributed by atoms with E-state index >= 15 is 0 Å². The number of amides is 1. The fourth-order valence-corrected chi connectivity index (χ4v) is 2.76. The average molecular weight is 386 g/mol. The van der Waals surface area contributed by atoms with Gasteiger partial charge in [-0.3, -0.25) is 4.79 Å². The van der Waals surface area contributed by atoms with E-state index < -0.39 is 0 Å². The molecule has 140 valence electrons. The number of methoxy groups -OCH3 is 2. The molecule has 1 aromatic heterocycles. The van der Waals surface area contributed by atoms with Crippen LogP contribution in [-0.2, 0) is 11.2 Å². The molecule has 1 heterocycles. The Labute approximate surface area is 162 Å². The van der Waals surface area contributed by atoms with Crippen LogP contribution in [0.3, 0.4) is 0 Å². The zero-order chi connectivity index (χ0) is 19.2. The van der Waals surface area contributed by atoms with Crippen molar-refractivity contribution in [3.63, 3.8) is 0 Å². The van der Waals surface area contributed by atoms with Gasteiger partial charge in [0.05, 0.1) is 19.9 Å². The van der Waals surface area contributed by atoms with Crippen LogP contribution in [0.4, 0.5) is 5.69 Å². The second kappa shape index (κ2) is 8.64. The van der Waals surface area contributed by atoms with Crippen LogP contribution < -0.4 is 14.8 Å². The molecule has 0 atom stereocenters. The first kappa shape index (κ1) is 18.9. The van der Waals surface area contributed by atoms with Crippen LogP contribution in [0.5, 0.6) is 11.5 Å². The maximum Gasteiger partial charge on any atom is 0.224 e. The zero-order valence-corrected chi connectivity index (χ0v) is 15.9. The standard InChI is InChI=1S/C21H20ClNO4/c1-25-17-7-10-18(20(13-17)26-2)23-21(24)12-9-16-8-11-19(27-16)14-3-5-15(22)6-4-14/h3-8,10-11,13H,9,12H2,1-2H3,(H,23,24). The van der Waals surface area contributed by atoms with E-state index in [0.717, 1.165) is 17.1 Å². The molecule has 0 saturated carbocycles. The molecule has 0 fully saturated rings. The van der Waals surface area contributed by atoms with E-state index in [1.54, 1.807) is 32.4 Å². The van der Waals surface area contributed by atoms with Gasteiger partial charge in [0, 0.05) is 29.5 Å². The Kier molecular flexibility index (Phi) is 6.04. The largest absolute Gasteiger partial charge is 0.497 e. The first-order valence-electron chi connectivity index (χ1n) is 8.45. The van der Waals surface area contributed by atoms with Crippen LogP contribution in [0.15, 0.2) is 59.0 Å². The number of halogens is 1. The zero-order valence-electron chi connectivity index (χ0n) is 15.1. The maximum absolute atomic E-state index is 12.3. The molecule has 0 unspecified atom stereocenters. The highest BCUT2D eigenvalue weighted by Gasteiger charge is 2.11. The van der Waals surface area contributed by atoms with Crippen LogP contribution in [0.2, 0.25) is 5.02 Å². The van der Waals surface area contributed by atoms with Crippen molar-refractivity contribution in [1.82, 2.24) is 0 Å². The van der Waals surface area contributed by atoms with Gasteiger partial charge in [-0.25, -0.2) is 0 Å². The molecule has 0 aliphatic carbocycles. The molecule has 0 spiro atoms. The Balaban J connectivity index is 1.59. The number of carbonyl (C=O) groups is 1. The van der Waals surface area contributed by atoms with Crippen LogP contribution in [0, 0.1) is 0 Å². The Hall–Kier alpha value is -2.92. The summed E-state index contributed by atoms with van der Waals surface area (Å²) in [4.78, 5) is 12.3. The van der Waals surface area contributed by atoms with Gasteiger partial charge in [-0.15, -0.1) is 0 Å². The molecule has 0 radical (unpaired) electrons. The van der Waals surface area contributed by atoms with Crippen molar-refractivity contribution in [2.75, 3.05) is 19.5 Å². The van der Waals surface area contributed by atoms with Crippen molar-refractivity contribution in [3.8, 4) is 22.8 Å². The van der Waals surface area contributed by atoms with Crippen molar-refractivity contribution >= 4 is 23.2 Å². The number of benzene rings is 2. The van der Waals surface area contributed by atoms with Gasteiger partial charge in [0.15, 0.2) is 0 Å². The second-order valence-electron chi connectivity index (χ2n) is 5.89. The number of rotatable bonds is 7. The second-order valence-corrected chi connectivity index (χ2v) is 6.32. The lowest BCUT2D eigenvalue weighted by Crippen LogP contribution is -2.13. The molecule has 3 aromatic rings. The first-order valence-corrected chi connectivity index (χ1v) is 8.83. The molecule has 0 aliphatic rings. The third kappa shape index (κ3) is 4.83. The lowest BCUT2D eigenvalue weighted by atomic mass is 10.2. The van der Waals surface area contributed by atoms with Gasteiger partial charge in [-0.2, -0.15) is 0 Å². The molecule has 1 amide bonds. The van der Waals surface area contributed by atoms with E-state index in [2.05, 4.69) is 5.32 Å². The lowest BCUT2D eigenvalue weighted by molar-refractivity contribution is -0.116. The molecule has 1 N–H and O–H groups in total. The molecule has 2 aromatic carbocycles. The van der Waals surface area contributed by atoms with E-state index in [9.17, 15) is 4.79 Å². The summed E-state index contributed by atoms with van der Waals surface area (Å²) < 4.78 is 16.3. The summed E-state index contributed by atoms with van der Waals surface area (Å²) in [6.45, 7) is 0. The predicted molar refractivity (Wildman–Crippen MR) is 106 cm³/mol. The lowest BCUT2D eigenvalue weighted by Gasteiger charge is -2.11. The summed E-state index contributed by atoms with van der Waals surface area (Å²) in [5.41, 5.74) is 1.54. The van der Waals surface area contributed by atoms with Crippen molar-refractivity contribution in [2.24, 2.45) is 0 Å². The smallest absolute Gasteiger partial charge is 0.224 e. The van der Waals surface area contributed by atoms with Gasteiger partial charge < -0.3 is 19.2 Å². The van der Waals surface area contributed by atoms with Crippen molar-refractivity contribution in [1.29, 1.82) is 0 Å². The number of hydrogen-bond donors (Lipinski definition) is 1. The van der Waals surface area contributed by atoms with Gasteiger partial charge >= 0.3 is 0 Å². The number of ether oxygens (including phenoxy) is 2. The van der Waals surface area contributed by atoms with Gasteiger partial charge in [0.2, 0.25) is 5.91 Å². The quantitative estimate of drug-likeness (QED) is 0.608. The molecule has 0 saturated heterocycles. The molecule has 5 nitrogen and oxygen atoms in total. The highest BCUT2D eigenvalue weighted by molar-refractivity contribution is 6.30. The third-order valence-corrected chi connectivity index (χ3v) is 4.32. The predicted octanol–water partition coefficient (Wildman–Crippen LogP) is 5.19.